The van der Waals surface area contributed by atoms with Gasteiger partial charge in [-0.05, 0) is 23.5 Å². The highest BCUT2D eigenvalue weighted by atomic mass is 16.3. The Bertz CT molecular complexity index is 318. The minimum absolute atomic E-state index is 0.130. The zero-order chi connectivity index (χ0) is 13.4. The van der Waals surface area contributed by atoms with Gasteiger partial charge < -0.3 is 10.2 Å². The maximum absolute atomic E-state index is 8.97. The Morgan fingerprint density at radius 2 is 1.61 bits per heavy atom. The van der Waals surface area contributed by atoms with E-state index in [-0.39, 0.29) is 13.2 Å². The lowest BCUT2D eigenvalue weighted by atomic mass is 9.97. The first-order valence-corrected chi connectivity index (χ1v) is 6.74. The molecule has 0 radical (unpaired) electrons. The molecular formula is C15H25NO2. The summed E-state index contributed by atoms with van der Waals surface area (Å²) in [5, 5.41) is 17.9. The molecule has 3 nitrogen and oxygen atoms in total. The average molecular weight is 251 g/mol. The van der Waals surface area contributed by atoms with Crippen LogP contribution in [0.1, 0.15) is 37.3 Å². The van der Waals surface area contributed by atoms with Crippen molar-refractivity contribution in [1.29, 1.82) is 0 Å². The average Bonchev–Trinajstić information content (AvgIpc) is 2.39. The highest BCUT2D eigenvalue weighted by molar-refractivity contribution is 5.24. The van der Waals surface area contributed by atoms with Crippen LogP contribution < -0.4 is 0 Å². The Morgan fingerprint density at radius 1 is 1.06 bits per heavy atom. The molecule has 1 atom stereocenters. The van der Waals surface area contributed by atoms with E-state index in [1.54, 1.807) is 0 Å². The van der Waals surface area contributed by atoms with Gasteiger partial charge in [0, 0.05) is 19.6 Å². The van der Waals surface area contributed by atoms with Gasteiger partial charge in [-0.1, -0.05) is 38.1 Å². The van der Waals surface area contributed by atoms with E-state index < -0.39 is 0 Å². The SMILES string of the molecule is CCC(C)c1ccc(CN(CCO)CCO)cc1. The van der Waals surface area contributed by atoms with Crippen LogP contribution in [0.2, 0.25) is 0 Å². The van der Waals surface area contributed by atoms with Crippen LogP contribution in [0.3, 0.4) is 0 Å². The third-order valence-corrected chi connectivity index (χ3v) is 3.40. The first-order chi connectivity index (χ1) is 8.71. The molecule has 0 amide bonds. The van der Waals surface area contributed by atoms with Crippen LogP contribution in [0.15, 0.2) is 24.3 Å². The molecule has 0 heterocycles. The minimum atomic E-state index is 0.130. The number of rotatable bonds is 8. The normalized spacial score (nSPS) is 12.9. The molecular weight excluding hydrogens is 226 g/mol. The molecule has 0 aliphatic carbocycles. The lowest BCUT2D eigenvalue weighted by Crippen LogP contribution is -2.29. The summed E-state index contributed by atoms with van der Waals surface area (Å²) in [5.41, 5.74) is 2.60. The maximum atomic E-state index is 8.97. The molecule has 1 aromatic rings. The quantitative estimate of drug-likeness (QED) is 0.742. The van der Waals surface area contributed by atoms with Gasteiger partial charge in [-0.2, -0.15) is 0 Å². The Labute approximate surface area is 110 Å². The molecule has 1 aromatic carbocycles. The topological polar surface area (TPSA) is 43.7 Å². The molecule has 0 aromatic heterocycles. The smallest absolute Gasteiger partial charge is 0.0558 e. The lowest BCUT2D eigenvalue weighted by Gasteiger charge is -2.20. The van der Waals surface area contributed by atoms with Gasteiger partial charge in [0.2, 0.25) is 0 Å². The number of aliphatic hydroxyl groups excluding tert-OH is 2. The predicted molar refractivity (Wildman–Crippen MR) is 74.6 cm³/mol. The zero-order valence-electron chi connectivity index (χ0n) is 11.5. The second-order valence-electron chi connectivity index (χ2n) is 4.77. The summed E-state index contributed by atoms with van der Waals surface area (Å²) >= 11 is 0. The molecule has 0 aliphatic rings. The van der Waals surface area contributed by atoms with Gasteiger partial charge in [0.15, 0.2) is 0 Å². The van der Waals surface area contributed by atoms with E-state index in [4.69, 9.17) is 10.2 Å². The molecule has 3 heteroatoms. The predicted octanol–water partition coefficient (Wildman–Crippen LogP) is 1.99. The van der Waals surface area contributed by atoms with Crippen molar-refractivity contribution in [3.8, 4) is 0 Å². The van der Waals surface area contributed by atoms with E-state index in [0.29, 0.717) is 19.0 Å². The van der Waals surface area contributed by atoms with E-state index in [2.05, 4.69) is 43.0 Å². The van der Waals surface area contributed by atoms with Crippen molar-refractivity contribution in [3.05, 3.63) is 35.4 Å². The Morgan fingerprint density at radius 3 is 2.06 bits per heavy atom. The van der Waals surface area contributed by atoms with Crippen molar-refractivity contribution in [2.45, 2.75) is 32.7 Å². The molecule has 102 valence electrons. The zero-order valence-corrected chi connectivity index (χ0v) is 11.5. The van der Waals surface area contributed by atoms with Crippen molar-refractivity contribution >= 4 is 0 Å². The molecule has 1 rings (SSSR count). The molecule has 0 spiro atoms. The van der Waals surface area contributed by atoms with Crippen LogP contribution in [0.25, 0.3) is 0 Å². The van der Waals surface area contributed by atoms with Gasteiger partial charge in [-0.25, -0.2) is 0 Å². The fourth-order valence-electron chi connectivity index (χ4n) is 2.00. The highest BCUT2D eigenvalue weighted by Crippen LogP contribution is 2.19. The van der Waals surface area contributed by atoms with Crippen LogP contribution in [-0.4, -0.2) is 41.4 Å². The molecule has 0 fully saturated rings. The summed E-state index contributed by atoms with van der Waals surface area (Å²) in [7, 11) is 0. The Hall–Kier alpha value is -0.900. The second kappa shape index (κ2) is 8.25. The molecule has 0 saturated heterocycles. The summed E-state index contributed by atoms with van der Waals surface area (Å²) in [6.07, 6.45) is 1.15. The van der Waals surface area contributed by atoms with E-state index in [9.17, 15) is 0 Å². The first-order valence-electron chi connectivity index (χ1n) is 6.74. The summed E-state index contributed by atoms with van der Waals surface area (Å²) in [5.74, 6) is 0.602. The Balaban J connectivity index is 2.60. The van der Waals surface area contributed by atoms with Crippen molar-refractivity contribution in [1.82, 2.24) is 4.90 Å². The highest BCUT2D eigenvalue weighted by Gasteiger charge is 2.06. The first kappa shape index (κ1) is 15.2. The van der Waals surface area contributed by atoms with Crippen molar-refractivity contribution in [3.63, 3.8) is 0 Å². The summed E-state index contributed by atoms with van der Waals surface area (Å²) in [6, 6.07) is 8.64. The largest absolute Gasteiger partial charge is 0.395 e. The summed E-state index contributed by atoms with van der Waals surface area (Å²) < 4.78 is 0. The molecule has 18 heavy (non-hydrogen) atoms. The molecule has 0 aliphatic heterocycles. The van der Waals surface area contributed by atoms with Crippen LogP contribution in [0.4, 0.5) is 0 Å². The monoisotopic (exact) mass is 251 g/mol. The van der Waals surface area contributed by atoms with Gasteiger partial charge in [0.25, 0.3) is 0 Å². The second-order valence-corrected chi connectivity index (χ2v) is 4.77. The van der Waals surface area contributed by atoms with Gasteiger partial charge >= 0.3 is 0 Å². The van der Waals surface area contributed by atoms with Crippen LogP contribution in [0.5, 0.6) is 0 Å². The lowest BCUT2D eigenvalue weighted by molar-refractivity contribution is 0.156. The maximum Gasteiger partial charge on any atom is 0.0558 e. The number of aliphatic hydroxyl groups is 2. The van der Waals surface area contributed by atoms with Crippen molar-refractivity contribution < 1.29 is 10.2 Å². The number of benzene rings is 1. The van der Waals surface area contributed by atoms with Crippen molar-refractivity contribution in [2.24, 2.45) is 0 Å². The standard InChI is InChI=1S/C15H25NO2/c1-3-13(2)15-6-4-14(5-7-15)12-16(8-10-17)9-11-18/h4-7,13,17-18H,3,8-12H2,1-2H3. The van der Waals surface area contributed by atoms with Crippen LogP contribution in [0, 0.1) is 0 Å². The third-order valence-electron chi connectivity index (χ3n) is 3.40. The van der Waals surface area contributed by atoms with Gasteiger partial charge in [0.05, 0.1) is 13.2 Å². The van der Waals surface area contributed by atoms with E-state index in [1.807, 2.05) is 0 Å². The number of hydrogen-bond acceptors (Lipinski definition) is 3. The molecule has 0 saturated carbocycles. The Kier molecular flexibility index (Phi) is 6.94. The molecule has 0 bridgehead atoms. The minimum Gasteiger partial charge on any atom is -0.395 e. The van der Waals surface area contributed by atoms with E-state index >= 15 is 0 Å². The van der Waals surface area contributed by atoms with Gasteiger partial charge in [-0.3, -0.25) is 4.90 Å². The van der Waals surface area contributed by atoms with Crippen LogP contribution >= 0.6 is 0 Å². The summed E-state index contributed by atoms with van der Waals surface area (Å²) in [6.45, 7) is 6.68. The molecule has 2 N–H and O–H groups in total. The van der Waals surface area contributed by atoms with E-state index in [1.165, 1.54) is 11.1 Å². The molecule has 1 unspecified atom stereocenters. The summed E-state index contributed by atoms with van der Waals surface area (Å²) in [4.78, 5) is 2.05. The third kappa shape index (κ3) is 4.77. The number of nitrogens with zero attached hydrogens (tertiary/aromatic N) is 1. The fraction of sp³-hybridized carbons (Fsp3) is 0.600. The van der Waals surface area contributed by atoms with E-state index in [0.717, 1.165) is 13.0 Å². The fourth-order valence-corrected chi connectivity index (χ4v) is 2.00. The van der Waals surface area contributed by atoms with Crippen LogP contribution in [-0.2, 0) is 6.54 Å². The van der Waals surface area contributed by atoms with Gasteiger partial charge in [-0.15, -0.1) is 0 Å². The van der Waals surface area contributed by atoms with Crippen molar-refractivity contribution in [2.75, 3.05) is 26.3 Å². The van der Waals surface area contributed by atoms with Gasteiger partial charge in [0.1, 0.15) is 0 Å². The number of hydrogen-bond donors (Lipinski definition) is 2.